The summed E-state index contributed by atoms with van der Waals surface area (Å²) in [6.07, 6.45) is 0. The molecule has 0 heterocycles. The second-order valence-corrected chi connectivity index (χ2v) is 5.15. The Bertz CT molecular complexity index is 617. The van der Waals surface area contributed by atoms with Gasteiger partial charge >= 0.3 is 0 Å². The van der Waals surface area contributed by atoms with Gasteiger partial charge in [-0.05, 0) is 18.2 Å². The molecule has 2 rings (SSSR count). The number of amides is 1. The maximum Gasteiger partial charge on any atom is 0.239 e. The number of likely N-dealkylation sites (N-methyl/N-ethyl adjacent to an activating group) is 1. The summed E-state index contributed by atoms with van der Waals surface area (Å²) in [7, 11) is 1.88. The SMILES string of the molecule is CN(CC(=O)NCc1ccccc1OCCO)c1ccccc1. The molecule has 0 saturated carbocycles. The lowest BCUT2D eigenvalue weighted by Crippen LogP contribution is -2.34. The van der Waals surface area contributed by atoms with E-state index in [1.807, 2.05) is 66.5 Å². The van der Waals surface area contributed by atoms with Crippen molar-refractivity contribution in [2.75, 3.05) is 31.7 Å². The lowest BCUT2D eigenvalue weighted by molar-refractivity contribution is -0.119. The minimum atomic E-state index is -0.0617. The number of nitrogens with one attached hydrogen (secondary N) is 1. The molecule has 0 spiro atoms. The molecular formula is C18H22N2O3. The third-order valence-corrected chi connectivity index (χ3v) is 3.38. The van der Waals surface area contributed by atoms with Gasteiger partial charge in [0.1, 0.15) is 12.4 Å². The second-order valence-electron chi connectivity index (χ2n) is 5.15. The number of aliphatic hydroxyl groups excluding tert-OH is 1. The maximum atomic E-state index is 12.1. The first-order chi connectivity index (χ1) is 11.2. The summed E-state index contributed by atoms with van der Waals surface area (Å²) in [6.45, 7) is 0.872. The minimum Gasteiger partial charge on any atom is -0.491 e. The van der Waals surface area contributed by atoms with Crippen molar-refractivity contribution < 1.29 is 14.6 Å². The number of carbonyl (C=O) groups excluding carboxylic acids is 1. The Morgan fingerprint density at radius 1 is 1.13 bits per heavy atom. The Balaban J connectivity index is 1.87. The predicted octanol–water partition coefficient (Wildman–Crippen LogP) is 1.81. The highest BCUT2D eigenvalue weighted by atomic mass is 16.5. The molecule has 0 aromatic heterocycles. The van der Waals surface area contributed by atoms with Gasteiger partial charge in [0.15, 0.2) is 0 Å². The molecule has 0 bridgehead atoms. The Labute approximate surface area is 136 Å². The van der Waals surface area contributed by atoms with Crippen LogP contribution in [0, 0.1) is 0 Å². The molecule has 0 saturated heterocycles. The van der Waals surface area contributed by atoms with Gasteiger partial charge < -0.3 is 20.1 Å². The standard InChI is InChI=1S/C18H22N2O3/c1-20(16-8-3-2-4-9-16)14-18(22)19-13-15-7-5-6-10-17(15)23-12-11-21/h2-10,21H,11-14H2,1H3,(H,19,22). The monoisotopic (exact) mass is 314 g/mol. The molecule has 2 aromatic carbocycles. The van der Waals surface area contributed by atoms with E-state index in [-0.39, 0.29) is 25.7 Å². The summed E-state index contributed by atoms with van der Waals surface area (Å²) in [5.74, 6) is 0.617. The molecule has 2 N–H and O–H groups in total. The maximum absolute atomic E-state index is 12.1. The highest BCUT2D eigenvalue weighted by molar-refractivity contribution is 5.81. The van der Waals surface area contributed by atoms with Crippen molar-refractivity contribution in [3.63, 3.8) is 0 Å². The van der Waals surface area contributed by atoms with E-state index < -0.39 is 0 Å². The summed E-state index contributed by atoms with van der Waals surface area (Å²) in [6, 6.07) is 17.2. The number of para-hydroxylation sites is 2. The molecule has 0 radical (unpaired) electrons. The molecule has 0 fully saturated rings. The third kappa shape index (κ3) is 5.30. The zero-order valence-corrected chi connectivity index (χ0v) is 13.2. The van der Waals surface area contributed by atoms with Gasteiger partial charge in [-0.3, -0.25) is 4.79 Å². The van der Waals surface area contributed by atoms with Gasteiger partial charge in [-0.2, -0.15) is 0 Å². The highest BCUT2D eigenvalue weighted by Crippen LogP contribution is 2.17. The van der Waals surface area contributed by atoms with Gasteiger partial charge in [-0.1, -0.05) is 36.4 Å². The number of nitrogens with zero attached hydrogens (tertiary/aromatic N) is 1. The largest absolute Gasteiger partial charge is 0.491 e. The molecule has 0 aliphatic carbocycles. The Hall–Kier alpha value is -2.53. The summed E-state index contributed by atoms with van der Waals surface area (Å²) in [5, 5.41) is 11.7. The van der Waals surface area contributed by atoms with Gasteiger partial charge in [0.05, 0.1) is 13.2 Å². The number of hydrogen-bond acceptors (Lipinski definition) is 4. The van der Waals surface area contributed by atoms with Crippen molar-refractivity contribution in [3.05, 3.63) is 60.2 Å². The Morgan fingerprint density at radius 2 is 1.83 bits per heavy atom. The molecule has 0 aliphatic rings. The highest BCUT2D eigenvalue weighted by Gasteiger charge is 2.09. The van der Waals surface area contributed by atoms with E-state index >= 15 is 0 Å². The molecule has 5 nitrogen and oxygen atoms in total. The number of anilines is 1. The van der Waals surface area contributed by atoms with E-state index in [1.165, 1.54) is 0 Å². The lowest BCUT2D eigenvalue weighted by atomic mass is 10.2. The molecular weight excluding hydrogens is 292 g/mol. The van der Waals surface area contributed by atoms with Gasteiger partial charge in [-0.15, -0.1) is 0 Å². The molecule has 2 aromatic rings. The summed E-state index contributed by atoms with van der Waals surface area (Å²) in [4.78, 5) is 14.0. The van der Waals surface area contributed by atoms with Crippen LogP contribution in [0.5, 0.6) is 5.75 Å². The quantitative estimate of drug-likeness (QED) is 0.780. The van der Waals surface area contributed by atoms with Crippen LogP contribution < -0.4 is 15.0 Å². The van der Waals surface area contributed by atoms with E-state index in [0.717, 1.165) is 11.3 Å². The van der Waals surface area contributed by atoms with Crippen molar-refractivity contribution in [1.29, 1.82) is 0 Å². The molecule has 1 amide bonds. The minimum absolute atomic E-state index is 0.0391. The first-order valence-electron chi connectivity index (χ1n) is 7.55. The molecule has 5 heteroatoms. The van der Waals surface area contributed by atoms with E-state index in [1.54, 1.807) is 0 Å². The average molecular weight is 314 g/mol. The van der Waals surface area contributed by atoms with Gasteiger partial charge in [0, 0.05) is 24.8 Å². The smallest absolute Gasteiger partial charge is 0.239 e. The summed E-state index contributed by atoms with van der Waals surface area (Å²) in [5.41, 5.74) is 1.88. The molecule has 0 aliphatic heterocycles. The fourth-order valence-corrected chi connectivity index (χ4v) is 2.19. The van der Waals surface area contributed by atoms with Crippen LogP contribution in [0.15, 0.2) is 54.6 Å². The van der Waals surface area contributed by atoms with Crippen molar-refractivity contribution in [2.45, 2.75) is 6.54 Å². The van der Waals surface area contributed by atoms with E-state index in [4.69, 9.17) is 9.84 Å². The number of aliphatic hydroxyl groups is 1. The molecule has 0 unspecified atom stereocenters. The van der Waals surface area contributed by atoms with Crippen LogP contribution in [0.4, 0.5) is 5.69 Å². The summed E-state index contributed by atoms with van der Waals surface area (Å²) < 4.78 is 5.46. The topological polar surface area (TPSA) is 61.8 Å². The van der Waals surface area contributed by atoms with Gasteiger partial charge in [-0.25, -0.2) is 0 Å². The number of hydrogen-bond donors (Lipinski definition) is 2. The Morgan fingerprint density at radius 3 is 2.57 bits per heavy atom. The van der Waals surface area contributed by atoms with Crippen LogP contribution in [0.1, 0.15) is 5.56 Å². The van der Waals surface area contributed by atoms with E-state index in [2.05, 4.69) is 5.32 Å². The molecule has 122 valence electrons. The normalized spacial score (nSPS) is 10.2. The first kappa shape index (κ1) is 16.8. The fourth-order valence-electron chi connectivity index (χ4n) is 2.19. The molecule has 23 heavy (non-hydrogen) atoms. The van der Waals surface area contributed by atoms with E-state index in [0.29, 0.717) is 12.3 Å². The van der Waals surface area contributed by atoms with Gasteiger partial charge in [0.2, 0.25) is 5.91 Å². The van der Waals surface area contributed by atoms with Crippen molar-refractivity contribution in [3.8, 4) is 5.75 Å². The molecule has 0 atom stereocenters. The third-order valence-electron chi connectivity index (χ3n) is 3.38. The predicted molar refractivity (Wildman–Crippen MR) is 90.6 cm³/mol. The Kier molecular flexibility index (Phi) is 6.44. The van der Waals surface area contributed by atoms with Crippen LogP contribution in [0.3, 0.4) is 0 Å². The van der Waals surface area contributed by atoms with E-state index in [9.17, 15) is 4.79 Å². The van der Waals surface area contributed by atoms with Crippen LogP contribution in [-0.4, -0.2) is 37.8 Å². The number of ether oxygens (including phenoxy) is 1. The summed E-state index contributed by atoms with van der Waals surface area (Å²) >= 11 is 0. The van der Waals surface area contributed by atoms with Crippen molar-refractivity contribution in [1.82, 2.24) is 5.32 Å². The van der Waals surface area contributed by atoms with Crippen LogP contribution in [0.2, 0.25) is 0 Å². The fraction of sp³-hybridized carbons (Fsp3) is 0.278. The number of rotatable bonds is 8. The van der Waals surface area contributed by atoms with Crippen LogP contribution in [-0.2, 0) is 11.3 Å². The second kappa shape index (κ2) is 8.80. The van der Waals surface area contributed by atoms with Gasteiger partial charge in [0.25, 0.3) is 0 Å². The van der Waals surface area contributed by atoms with Crippen LogP contribution in [0.25, 0.3) is 0 Å². The first-order valence-corrected chi connectivity index (χ1v) is 7.55. The van der Waals surface area contributed by atoms with Crippen molar-refractivity contribution in [2.24, 2.45) is 0 Å². The number of benzene rings is 2. The van der Waals surface area contributed by atoms with Crippen LogP contribution >= 0.6 is 0 Å². The lowest BCUT2D eigenvalue weighted by Gasteiger charge is -2.19. The zero-order chi connectivity index (χ0) is 16.5. The number of carbonyl (C=O) groups is 1. The van der Waals surface area contributed by atoms with Crippen molar-refractivity contribution >= 4 is 11.6 Å². The average Bonchev–Trinajstić information content (AvgIpc) is 2.59. The zero-order valence-electron chi connectivity index (χ0n) is 13.2.